The van der Waals surface area contributed by atoms with Crippen molar-refractivity contribution >= 4 is 22.4 Å². The first-order valence-electron chi connectivity index (χ1n) is 7.60. The third kappa shape index (κ3) is 3.63. The topological polar surface area (TPSA) is 62.2 Å². The molecule has 21 heavy (non-hydrogen) atoms. The number of carbonyl (C=O) groups excluding carboxylic acids is 1. The minimum absolute atomic E-state index is 0.0684. The Morgan fingerprint density at radius 2 is 2.38 bits per heavy atom. The van der Waals surface area contributed by atoms with Crippen molar-refractivity contribution < 1.29 is 9.90 Å². The molecule has 0 saturated heterocycles. The number of fused-ring (bicyclic) bond motifs is 2. The van der Waals surface area contributed by atoms with Crippen molar-refractivity contribution in [2.75, 3.05) is 11.9 Å². The van der Waals surface area contributed by atoms with E-state index in [-0.39, 0.29) is 12.5 Å². The van der Waals surface area contributed by atoms with Gasteiger partial charge in [-0.3, -0.25) is 4.79 Å². The molecule has 2 bridgehead atoms. The Balaban J connectivity index is 1.50. The first-order chi connectivity index (χ1) is 10.2. The van der Waals surface area contributed by atoms with E-state index in [1.54, 1.807) is 6.20 Å². The van der Waals surface area contributed by atoms with Crippen LogP contribution >= 0.6 is 11.3 Å². The van der Waals surface area contributed by atoms with Crippen LogP contribution in [0, 0.1) is 29.6 Å². The lowest BCUT2D eigenvalue weighted by molar-refractivity contribution is -0.117. The van der Waals surface area contributed by atoms with Gasteiger partial charge in [0.15, 0.2) is 5.13 Å². The number of nitrogens with one attached hydrogen (secondary N) is 1. The summed E-state index contributed by atoms with van der Waals surface area (Å²) < 4.78 is 0. The van der Waals surface area contributed by atoms with Crippen LogP contribution < -0.4 is 5.32 Å². The standard InChI is InChI=1S/C16H20N2O2S/c19-6-2-1-3-14-10-17-16(21-14)18-15(20)9-13-8-11-4-5-12(13)7-11/h10-13,19H,2,4-9H2,(H,17,18,20). The highest BCUT2D eigenvalue weighted by molar-refractivity contribution is 7.16. The van der Waals surface area contributed by atoms with Gasteiger partial charge >= 0.3 is 0 Å². The van der Waals surface area contributed by atoms with Gasteiger partial charge in [-0.2, -0.15) is 0 Å². The second kappa shape index (κ2) is 6.59. The van der Waals surface area contributed by atoms with Gasteiger partial charge in [0.25, 0.3) is 0 Å². The molecule has 0 aromatic carbocycles. The fraction of sp³-hybridized carbons (Fsp3) is 0.625. The van der Waals surface area contributed by atoms with Gasteiger partial charge in [0, 0.05) is 12.8 Å². The predicted molar refractivity (Wildman–Crippen MR) is 82.9 cm³/mol. The molecule has 3 unspecified atom stereocenters. The molecule has 112 valence electrons. The Labute approximate surface area is 129 Å². The van der Waals surface area contributed by atoms with Crippen molar-refractivity contribution in [3.05, 3.63) is 11.1 Å². The second-order valence-electron chi connectivity index (χ2n) is 5.99. The highest BCUT2D eigenvalue weighted by atomic mass is 32.1. The summed E-state index contributed by atoms with van der Waals surface area (Å²) in [4.78, 5) is 17.1. The maximum absolute atomic E-state index is 12.1. The monoisotopic (exact) mass is 304 g/mol. The van der Waals surface area contributed by atoms with Crippen LogP contribution in [-0.2, 0) is 4.79 Å². The van der Waals surface area contributed by atoms with Crippen molar-refractivity contribution in [2.45, 2.75) is 38.5 Å². The lowest BCUT2D eigenvalue weighted by Gasteiger charge is -2.20. The molecule has 2 aliphatic rings. The average molecular weight is 304 g/mol. The third-order valence-corrected chi connectivity index (χ3v) is 5.36. The molecule has 2 fully saturated rings. The molecule has 1 aromatic heterocycles. The van der Waals surface area contributed by atoms with E-state index in [1.165, 1.54) is 37.0 Å². The van der Waals surface area contributed by atoms with Crippen molar-refractivity contribution in [1.82, 2.24) is 4.98 Å². The van der Waals surface area contributed by atoms with Crippen LogP contribution in [0.15, 0.2) is 6.20 Å². The van der Waals surface area contributed by atoms with Crippen molar-refractivity contribution in [3.63, 3.8) is 0 Å². The Morgan fingerprint density at radius 1 is 1.48 bits per heavy atom. The minimum atomic E-state index is 0.0684. The molecule has 0 radical (unpaired) electrons. The van der Waals surface area contributed by atoms with E-state index >= 15 is 0 Å². The molecule has 1 aromatic rings. The van der Waals surface area contributed by atoms with Gasteiger partial charge in [0.1, 0.15) is 0 Å². The molecule has 2 aliphatic carbocycles. The average Bonchev–Trinajstić information content (AvgIpc) is 3.16. The molecule has 3 rings (SSSR count). The SMILES string of the molecule is O=C(CC1CC2CCC1C2)Nc1ncc(C#CCCO)s1. The summed E-state index contributed by atoms with van der Waals surface area (Å²) in [6.07, 6.45) is 8.00. The Kier molecular flexibility index (Phi) is 4.57. The molecule has 4 nitrogen and oxygen atoms in total. The summed E-state index contributed by atoms with van der Waals surface area (Å²) in [7, 11) is 0. The zero-order chi connectivity index (χ0) is 14.7. The maximum atomic E-state index is 12.1. The number of aromatic nitrogens is 1. The van der Waals surface area contributed by atoms with Crippen LogP contribution in [0.2, 0.25) is 0 Å². The van der Waals surface area contributed by atoms with Gasteiger partial charge in [0.05, 0.1) is 17.7 Å². The zero-order valence-electron chi connectivity index (χ0n) is 12.0. The van der Waals surface area contributed by atoms with Crippen LogP contribution in [0.3, 0.4) is 0 Å². The Morgan fingerprint density at radius 3 is 3.10 bits per heavy atom. The lowest BCUT2D eigenvalue weighted by Crippen LogP contribution is -2.20. The zero-order valence-corrected chi connectivity index (χ0v) is 12.8. The molecular formula is C16H20N2O2S. The van der Waals surface area contributed by atoms with E-state index in [2.05, 4.69) is 22.1 Å². The highest BCUT2D eigenvalue weighted by Crippen LogP contribution is 2.49. The molecule has 2 N–H and O–H groups in total. The van der Waals surface area contributed by atoms with Gasteiger partial charge < -0.3 is 10.4 Å². The summed E-state index contributed by atoms with van der Waals surface area (Å²) in [6, 6.07) is 0. The van der Waals surface area contributed by atoms with Crippen LogP contribution in [0.1, 0.15) is 43.4 Å². The highest BCUT2D eigenvalue weighted by Gasteiger charge is 2.40. The summed E-state index contributed by atoms with van der Waals surface area (Å²) >= 11 is 1.39. The van der Waals surface area contributed by atoms with E-state index in [0.29, 0.717) is 23.9 Å². The van der Waals surface area contributed by atoms with Crippen LogP contribution in [0.4, 0.5) is 5.13 Å². The molecule has 3 atom stereocenters. The second-order valence-corrected chi connectivity index (χ2v) is 7.02. The van der Waals surface area contributed by atoms with E-state index < -0.39 is 0 Å². The van der Waals surface area contributed by atoms with Crippen LogP contribution in [0.25, 0.3) is 0 Å². The number of aliphatic hydroxyl groups excluding tert-OH is 1. The summed E-state index contributed by atoms with van der Waals surface area (Å²) in [5.74, 6) is 8.09. The number of nitrogens with zero attached hydrogens (tertiary/aromatic N) is 1. The molecule has 5 heteroatoms. The van der Waals surface area contributed by atoms with E-state index in [1.807, 2.05) is 0 Å². The van der Waals surface area contributed by atoms with Crippen molar-refractivity contribution in [2.24, 2.45) is 17.8 Å². The number of hydrogen-bond acceptors (Lipinski definition) is 4. The third-order valence-electron chi connectivity index (χ3n) is 4.53. The van der Waals surface area contributed by atoms with Gasteiger partial charge in [-0.15, -0.1) is 0 Å². The van der Waals surface area contributed by atoms with E-state index in [0.717, 1.165) is 16.7 Å². The van der Waals surface area contributed by atoms with Crippen molar-refractivity contribution in [1.29, 1.82) is 0 Å². The number of rotatable bonds is 4. The Bertz CT molecular complexity index is 572. The number of anilines is 1. The van der Waals surface area contributed by atoms with Gasteiger partial charge in [-0.25, -0.2) is 4.98 Å². The van der Waals surface area contributed by atoms with E-state index in [9.17, 15) is 4.79 Å². The van der Waals surface area contributed by atoms with Crippen molar-refractivity contribution in [3.8, 4) is 11.8 Å². The number of aliphatic hydroxyl groups is 1. The molecular weight excluding hydrogens is 284 g/mol. The minimum Gasteiger partial charge on any atom is -0.395 e. The quantitative estimate of drug-likeness (QED) is 0.841. The molecule has 1 heterocycles. The van der Waals surface area contributed by atoms with Gasteiger partial charge in [-0.1, -0.05) is 29.6 Å². The molecule has 0 aliphatic heterocycles. The first-order valence-corrected chi connectivity index (χ1v) is 8.41. The fourth-order valence-electron chi connectivity index (χ4n) is 3.63. The lowest BCUT2D eigenvalue weighted by atomic mass is 9.86. The largest absolute Gasteiger partial charge is 0.395 e. The molecule has 0 spiro atoms. The molecule has 2 saturated carbocycles. The number of hydrogen-bond donors (Lipinski definition) is 2. The summed E-state index contributed by atoms with van der Waals surface area (Å²) in [6.45, 7) is 0.0684. The normalized spacial score (nSPS) is 26.4. The smallest absolute Gasteiger partial charge is 0.226 e. The summed E-state index contributed by atoms with van der Waals surface area (Å²) in [5.41, 5.74) is 0. The fourth-order valence-corrected chi connectivity index (χ4v) is 4.34. The number of carbonyl (C=O) groups is 1. The number of thiazole rings is 1. The summed E-state index contributed by atoms with van der Waals surface area (Å²) in [5, 5.41) is 12.2. The van der Waals surface area contributed by atoms with Gasteiger partial charge in [0.2, 0.25) is 5.91 Å². The first kappa shape index (κ1) is 14.6. The van der Waals surface area contributed by atoms with E-state index in [4.69, 9.17) is 5.11 Å². The van der Waals surface area contributed by atoms with Gasteiger partial charge in [-0.05, 0) is 37.0 Å². The van der Waals surface area contributed by atoms with Crippen LogP contribution in [-0.4, -0.2) is 22.6 Å². The predicted octanol–water partition coefficient (Wildman–Crippen LogP) is 2.64. The maximum Gasteiger partial charge on any atom is 0.226 e. The van der Waals surface area contributed by atoms with Crippen LogP contribution in [0.5, 0.6) is 0 Å². The Hall–Kier alpha value is -1.38. The molecule has 1 amide bonds. The number of amides is 1.